The van der Waals surface area contributed by atoms with Gasteiger partial charge in [-0.05, 0) is 48.0 Å². The molecule has 0 fully saturated rings. The van der Waals surface area contributed by atoms with Crippen LogP contribution < -0.4 is 19.5 Å². The van der Waals surface area contributed by atoms with Crippen molar-refractivity contribution in [2.24, 2.45) is 0 Å². The van der Waals surface area contributed by atoms with Crippen molar-refractivity contribution >= 4 is 17.7 Å². The van der Waals surface area contributed by atoms with Crippen LogP contribution in [0, 0.1) is 0 Å². The van der Waals surface area contributed by atoms with Crippen LogP contribution in [0.1, 0.15) is 21.7 Å². The zero-order chi connectivity index (χ0) is 25.8. The Labute approximate surface area is 211 Å². The first kappa shape index (κ1) is 24.4. The Hall–Kier alpha value is -4.33. The van der Waals surface area contributed by atoms with E-state index in [-0.39, 0.29) is 30.5 Å². The Morgan fingerprint density at radius 1 is 1.08 bits per heavy atom. The number of hydrogen-bond donors (Lipinski definition) is 1. The minimum atomic E-state index is -4.81. The zero-order valence-corrected chi connectivity index (χ0v) is 19.6. The van der Waals surface area contributed by atoms with Gasteiger partial charge in [-0.1, -0.05) is 23.0 Å². The van der Waals surface area contributed by atoms with Crippen molar-refractivity contribution in [1.82, 2.24) is 30.3 Å². The van der Waals surface area contributed by atoms with E-state index in [1.807, 2.05) is 0 Å². The highest BCUT2D eigenvalue weighted by atomic mass is 32.2. The number of nitrogens with one attached hydrogen (secondary N) is 1. The molecule has 10 nitrogen and oxygen atoms in total. The largest absolute Gasteiger partial charge is 0.573 e. The average molecular weight is 530 g/mol. The number of hydrogen-bond acceptors (Lipinski definition) is 9. The molecule has 190 valence electrons. The lowest BCUT2D eigenvalue weighted by molar-refractivity contribution is -0.274. The molecule has 2 aromatic heterocycles. The Bertz CT molecular complexity index is 1400. The van der Waals surface area contributed by atoms with E-state index >= 15 is 0 Å². The van der Waals surface area contributed by atoms with Gasteiger partial charge in [0.25, 0.3) is 5.91 Å². The van der Waals surface area contributed by atoms with Crippen LogP contribution in [0.3, 0.4) is 0 Å². The maximum atomic E-state index is 13.1. The Morgan fingerprint density at radius 3 is 2.59 bits per heavy atom. The molecule has 4 aromatic rings. The van der Waals surface area contributed by atoms with E-state index in [2.05, 4.69) is 30.3 Å². The summed E-state index contributed by atoms with van der Waals surface area (Å²) in [5.74, 6) is 0.574. The van der Waals surface area contributed by atoms with Gasteiger partial charge in [0.1, 0.15) is 5.75 Å². The third-order valence-corrected chi connectivity index (χ3v) is 5.95. The van der Waals surface area contributed by atoms with Gasteiger partial charge >= 0.3 is 6.36 Å². The van der Waals surface area contributed by atoms with Gasteiger partial charge in [0.15, 0.2) is 22.3 Å². The second-order valence-electron chi connectivity index (χ2n) is 7.53. The fourth-order valence-corrected chi connectivity index (χ4v) is 4.21. The topological polar surface area (TPSA) is 113 Å². The molecule has 0 aliphatic carbocycles. The lowest BCUT2D eigenvalue weighted by Crippen LogP contribution is -2.24. The summed E-state index contributed by atoms with van der Waals surface area (Å²) < 4.78 is 53.5. The fraction of sp³-hybridized carbons (Fsp3) is 0.174. The molecule has 37 heavy (non-hydrogen) atoms. The lowest BCUT2D eigenvalue weighted by Gasteiger charge is -2.11. The maximum Gasteiger partial charge on any atom is 0.573 e. The maximum absolute atomic E-state index is 13.1. The molecular weight excluding hydrogens is 513 g/mol. The van der Waals surface area contributed by atoms with Crippen molar-refractivity contribution in [3.05, 3.63) is 77.9 Å². The molecule has 0 atom stereocenters. The molecule has 1 amide bonds. The summed E-state index contributed by atoms with van der Waals surface area (Å²) in [5, 5.41) is 11.4. The van der Waals surface area contributed by atoms with Crippen LogP contribution in [0.25, 0.3) is 5.69 Å². The van der Waals surface area contributed by atoms with E-state index in [1.54, 1.807) is 36.7 Å². The van der Waals surface area contributed by atoms with Crippen molar-refractivity contribution in [3.63, 3.8) is 0 Å². The number of halogens is 3. The molecule has 0 saturated heterocycles. The third-order valence-electron chi connectivity index (χ3n) is 5.06. The Kier molecular flexibility index (Phi) is 6.81. The van der Waals surface area contributed by atoms with Crippen molar-refractivity contribution in [2.75, 3.05) is 6.79 Å². The van der Waals surface area contributed by atoms with Gasteiger partial charge in [-0.2, -0.15) is 0 Å². The molecule has 2 aromatic carbocycles. The summed E-state index contributed by atoms with van der Waals surface area (Å²) in [4.78, 5) is 21.4. The Balaban J connectivity index is 1.37. The van der Waals surface area contributed by atoms with Crippen molar-refractivity contribution < 1.29 is 32.2 Å². The minimum Gasteiger partial charge on any atom is -0.454 e. The van der Waals surface area contributed by atoms with Crippen molar-refractivity contribution in [3.8, 4) is 22.9 Å². The number of rotatable bonds is 8. The SMILES string of the molecule is O=C(NCc1ccc2c(c1)OCO2)c1nnn(-c2ccc(OC(F)(F)F)cc2)c1CSc1ncccn1. The normalized spacial score (nSPS) is 12.4. The van der Waals surface area contributed by atoms with Crippen LogP contribution in [0.4, 0.5) is 13.2 Å². The zero-order valence-electron chi connectivity index (χ0n) is 18.8. The number of alkyl halides is 3. The minimum absolute atomic E-state index is 0.0554. The highest BCUT2D eigenvalue weighted by Crippen LogP contribution is 2.32. The standard InChI is InChI=1S/C23H17F3N6O4S/c24-23(25,26)36-16-5-3-15(4-6-16)32-17(12-37-22-27-8-1-9-28-22)20(30-31-32)21(33)29-11-14-2-7-18-19(10-14)35-13-34-18/h1-10H,11-13H2,(H,29,33). The summed E-state index contributed by atoms with van der Waals surface area (Å²) in [6, 6.07) is 12.1. The molecular formula is C23H17F3N6O4S. The molecule has 0 unspecified atom stereocenters. The first-order valence-electron chi connectivity index (χ1n) is 10.7. The number of thioether (sulfide) groups is 1. The number of carbonyl (C=O) groups is 1. The molecule has 1 N–H and O–H groups in total. The number of amides is 1. The van der Waals surface area contributed by atoms with Crippen LogP contribution in [0.2, 0.25) is 0 Å². The number of nitrogens with zero attached hydrogens (tertiary/aromatic N) is 5. The number of carbonyl (C=O) groups excluding carboxylic acids is 1. The van der Waals surface area contributed by atoms with E-state index in [1.165, 1.54) is 28.6 Å². The highest BCUT2D eigenvalue weighted by molar-refractivity contribution is 7.98. The number of aromatic nitrogens is 5. The highest BCUT2D eigenvalue weighted by Gasteiger charge is 2.31. The van der Waals surface area contributed by atoms with Gasteiger partial charge in [0.05, 0.1) is 11.4 Å². The lowest BCUT2D eigenvalue weighted by atomic mass is 10.2. The van der Waals surface area contributed by atoms with Gasteiger partial charge in [0, 0.05) is 24.7 Å². The van der Waals surface area contributed by atoms with E-state index in [0.717, 1.165) is 17.7 Å². The molecule has 1 aliphatic heterocycles. The van der Waals surface area contributed by atoms with Crippen LogP contribution >= 0.6 is 11.8 Å². The summed E-state index contributed by atoms with van der Waals surface area (Å²) in [5.41, 5.74) is 1.64. The van der Waals surface area contributed by atoms with Crippen molar-refractivity contribution in [2.45, 2.75) is 23.8 Å². The molecule has 5 rings (SSSR count). The molecule has 1 aliphatic rings. The van der Waals surface area contributed by atoms with Crippen LogP contribution in [-0.2, 0) is 12.3 Å². The summed E-state index contributed by atoms with van der Waals surface area (Å²) in [7, 11) is 0. The smallest absolute Gasteiger partial charge is 0.454 e. The second kappa shape index (κ2) is 10.3. The molecule has 0 spiro atoms. The van der Waals surface area contributed by atoms with E-state index < -0.39 is 12.3 Å². The van der Waals surface area contributed by atoms with E-state index in [9.17, 15) is 18.0 Å². The molecule has 0 bridgehead atoms. The summed E-state index contributed by atoms with van der Waals surface area (Å²) in [6.07, 6.45) is -1.64. The van der Waals surface area contributed by atoms with Crippen LogP contribution in [0.15, 0.2) is 66.1 Å². The first-order chi connectivity index (χ1) is 17.9. The van der Waals surface area contributed by atoms with Gasteiger partial charge in [0.2, 0.25) is 6.79 Å². The van der Waals surface area contributed by atoms with Gasteiger partial charge < -0.3 is 19.5 Å². The van der Waals surface area contributed by atoms with Crippen LogP contribution in [-0.4, -0.2) is 44.0 Å². The molecule has 3 heterocycles. The molecule has 14 heteroatoms. The first-order valence-corrected chi connectivity index (χ1v) is 11.7. The number of ether oxygens (including phenoxy) is 3. The van der Waals surface area contributed by atoms with Gasteiger partial charge in [-0.3, -0.25) is 4.79 Å². The fourth-order valence-electron chi connectivity index (χ4n) is 3.41. The summed E-state index contributed by atoms with van der Waals surface area (Å²) >= 11 is 1.25. The molecule has 0 saturated carbocycles. The predicted molar refractivity (Wildman–Crippen MR) is 123 cm³/mol. The van der Waals surface area contributed by atoms with Gasteiger partial charge in [-0.25, -0.2) is 14.6 Å². The molecule has 0 radical (unpaired) electrons. The van der Waals surface area contributed by atoms with Crippen LogP contribution in [0.5, 0.6) is 17.2 Å². The van der Waals surface area contributed by atoms with Gasteiger partial charge in [-0.15, -0.1) is 18.3 Å². The van der Waals surface area contributed by atoms with E-state index in [0.29, 0.717) is 28.0 Å². The second-order valence-corrected chi connectivity index (χ2v) is 8.47. The number of benzene rings is 2. The van der Waals surface area contributed by atoms with Crippen molar-refractivity contribution in [1.29, 1.82) is 0 Å². The summed E-state index contributed by atoms with van der Waals surface area (Å²) in [6.45, 7) is 0.337. The van der Waals surface area contributed by atoms with E-state index in [4.69, 9.17) is 9.47 Å². The number of fused-ring (bicyclic) bond motifs is 1. The quantitative estimate of drug-likeness (QED) is 0.268. The third kappa shape index (κ3) is 5.91. The predicted octanol–water partition coefficient (Wildman–Crippen LogP) is 3.91. The monoisotopic (exact) mass is 530 g/mol. The Morgan fingerprint density at radius 2 is 1.84 bits per heavy atom. The average Bonchev–Trinajstić information content (AvgIpc) is 3.53.